The van der Waals surface area contributed by atoms with E-state index in [1.165, 1.54) is 29.5 Å². The van der Waals surface area contributed by atoms with Gasteiger partial charge in [-0.25, -0.2) is 0 Å². The molecule has 44 heavy (non-hydrogen) atoms. The van der Waals surface area contributed by atoms with Crippen LogP contribution < -0.4 is 9.47 Å². The Labute approximate surface area is 259 Å². The molecule has 2 saturated carbocycles. The molecule has 6 heteroatoms. The molecule has 4 atom stereocenters. The van der Waals surface area contributed by atoms with Gasteiger partial charge >= 0.3 is 0 Å². The summed E-state index contributed by atoms with van der Waals surface area (Å²) in [4.78, 5) is 2.76. The third-order valence-corrected chi connectivity index (χ3v) is 11.2. The van der Waals surface area contributed by atoms with Gasteiger partial charge in [0.15, 0.2) is 17.3 Å². The predicted molar refractivity (Wildman–Crippen MR) is 168 cm³/mol. The Balaban J connectivity index is 1.14. The van der Waals surface area contributed by atoms with Gasteiger partial charge in [-0.1, -0.05) is 78.9 Å². The van der Waals surface area contributed by atoms with Crippen LogP contribution in [0.4, 0.5) is 0 Å². The SMILES string of the molecule is C(=C\c1ccccc1)/CO[C@@]12CC3(C[C@@H]4Oc5c(OCc6ccccc6)ccc6c5[C@@]41CCN(CC1CC1)C2C6)OCCO3. The maximum absolute atomic E-state index is 7.39. The van der Waals surface area contributed by atoms with Crippen LogP contribution in [0, 0.1) is 5.92 Å². The van der Waals surface area contributed by atoms with Crippen molar-refractivity contribution in [3.63, 3.8) is 0 Å². The molecule has 0 amide bonds. The van der Waals surface area contributed by atoms with Gasteiger partial charge in [0.1, 0.15) is 18.3 Å². The Hall–Kier alpha value is -3.16. The summed E-state index contributed by atoms with van der Waals surface area (Å²) in [6.07, 6.45) is 10.3. The van der Waals surface area contributed by atoms with E-state index in [4.69, 9.17) is 23.7 Å². The summed E-state index contributed by atoms with van der Waals surface area (Å²) in [5.41, 5.74) is 4.26. The lowest BCUT2D eigenvalue weighted by atomic mass is 9.48. The first-order valence-electron chi connectivity index (χ1n) is 16.6. The van der Waals surface area contributed by atoms with Crippen LogP contribution in [0.5, 0.6) is 11.5 Å². The van der Waals surface area contributed by atoms with Crippen LogP contribution in [0.2, 0.25) is 0 Å². The Kier molecular flexibility index (Phi) is 6.45. The predicted octanol–water partition coefficient (Wildman–Crippen LogP) is 6.31. The molecule has 6 aliphatic rings. The molecule has 0 N–H and O–H groups in total. The quantitative estimate of drug-likeness (QED) is 0.291. The van der Waals surface area contributed by atoms with Gasteiger partial charge in [-0.15, -0.1) is 0 Å². The Morgan fingerprint density at radius 1 is 0.932 bits per heavy atom. The molecular formula is C38H41NO5. The van der Waals surface area contributed by atoms with Crippen LogP contribution in [0.15, 0.2) is 78.9 Å². The van der Waals surface area contributed by atoms with E-state index < -0.39 is 11.4 Å². The zero-order valence-corrected chi connectivity index (χ0v) is 25.3. The lowest BCUT2D eigenvalue weighted by molar-refractivity contribution is -0.295. The standard InChI is InChI=1S/C38H41NO5/c1-3-8-27(9-4-1)12-7-19-43-38-26-36(41-20-21-42-36)23-33-37(38)17-18-39(24-28-13-14-28)32(38)22-30-15-16-31(35(44-33)34(30)37)40-25-29-10-5-2-6-11-29/h1-12,15-16,28,32-33H,13-14,17-26H2/b12-7+/t32?,33-,37+,38+/m0/s1. The van der Waals surface area contributed by atoms with Crippen LogP contribution in [0.1, 0.15) is 54.4 Å². The van der Waals surface area contributed by atoms with Crippen molar-refractivity contribution in [3.05, 3.63) is 101 Å². The van der Waals surface area contributed by atoms with Crippen molar-refractivity contribution in [2.75, 3.05) is 32.9 Å². The van der Waals surface area contributed by atoms with Crippen molar-refractivity contribution in [3.8, 4) is 11.5 Å². The summed E-state index contributed by atoms with van der Waals surface area (Å²) >= 11 is 0. The highest BCUT2D eigenvalue weighted by atomic mass is 16.7. The van der Waals surface area contributed by atoms with Crippen molar-refractivity contribution in [2.45, 2.75) is 74.1 Å². The fourth-order valence-corrected chi connectivity index (χ4v) is 9.22. The largest absolute Gasteiger partial charge is 0.485 e. The molecule has 228 valence electrons. The molecule has 6 nitrogen and oxygen atoms in total. The molecular weight excluding hydrogens is 550 g/mol. The van der Waals surface area contributed by atoms with E-state index in [1.54, 1.807) is 0 Å². The minimum Gasteiger partial charge on any atom is -0.485 e. The Morgan fingerprint density at radius 2 is 1.73 bits per heavy atom. The molecule has 1 unspecified atom stereocenters. The second-order valence-electron chi connectivity index (χ2n) is 13.7. The monoisotopic (exact) mass is 591 g/mol. The summed E-state index contributed by atoms with van der Waals surface area (Å²) in [6, 6.07) is 25.5. The third-order valence-electron chi connectivity index (χ3n) is 11.2. The van der Waals surface area contributed by atoms with Crippen molar-refractivity contribution >= 4 is 6.08 Å². The summed E-state index contributed by atoms with van der Waals surface area (Å²) in [5, 5.41) is 0. The molecule has 3 aromatic rings. The second kappa shape index (κ2) is 10.4. The highest BCUT2D eigenvalue weighted by molar-refractivity contribution is 5.63. The van der Waals surface area contributed by atoms with Gasteiger partial charge < -0.3 is 23.7 Å². The second-order valence-corrected chi connectivity index (χ2v) is 13.7. The van der Waals surface area contributed by atoms with Crippen LogP contribution in [0.3, 0.4) is 0 Å². The number of rotatable bonds is 9. The normalized spacial score (nSPS) is 31.3. The number of benzene rings is 3. The molecule has 2 bridgehead atoms. The average Bonchev–Trinajstić information content (AvgIpc) is 3.66. The lowest BCUT2D eigenvalue weighted by Gasteiger charge is -2.66. The van der Waals surface area contributed by atoms with E-state index in [-0.39, 0.29) is 17.6 Å². The van der Waals surface area contributed by atoms with Crippen molar-refractivity contribution in [1.82, 2.24) is 4.90 Å². The molecule has 0 aromatic heterocycles. The van der Waals surface area contributed by atoms with E-state index >= 15 is 0 Å². The van der Waals surface area contributed by atoms with Crippen molar-refractivity contribution in [1.29, 1.82) is 0 Å². The Bertz CT molecular complexity index is 1550. The fourth-order valence-electron chi connectivity index (χ4n) is 9.22. The van der Waals surface area contributed by atoms with Crippen molar-refractivity contribution < 1.29 is 23.7 Å². The minimum atomic E-state index is -0.692. The molecule has 3 heterocycles. The summed E-state index contributed by atoms with van der Waals surface area (Å²) in [5.74, 6) is 1.86. The number of nitrogens with zero attached hydrogens (tertiary/aromatic N) is 1. The summed E-state index contributed by atoms with van der Waals surface area (Å²) < 4.78 is 34.1. The van der Waals surface area contributed by atoms with Gasteiger partial charge in [0.2, 0.25) is 0 Å². The van der Waals surface area contributed by atoms with E-state index in [0.717, 1.165) is 55.3 Å². The van der Waals surface area contributed by atoms with Crippen LogP contribution in [0.25, 0.3) is 6.08 Å². The van der Waals surface area contributed by atoms with E-state index in [2.05, 4.69) is 83.8 Å². The zero-order chi connectivity index (χ0) is 29.2. The molecule has 3 aliphatic heterocycles. The topological polar surface area (TPSA) is 49.4 Å². The maximum atomic E-state index is 7.39. The first-order chi connectivity index (χ1) is 21.7. The molecule has 0 radical (unpaired) electrons. The van der Waals surface area contributed by atoms with Gasteiger partial charge in [0.05, 0.1) is 25.2 Å². The molecule has 2 saturated heterocycles. The molecule has 9 rings (SSSR count). The molecule has 2 spiro atoms. The highest BCUT2D eigenvalue weighted by Gasteiger charge is 2.76. The molecule has 3 aliphatic carbocycles. The number of ether oxygens (including phenoxy) is 5. The Morgan fingerprint density at radius 3 is 2.52 bits per heavy atom. The van der Waals surface area contributed by atoms with Gasteiger partial charge in [-0.05, 0) is 60.9 Å². The van der Waals surface area contributed by atoms with Gasteiger partial charge in [-0.3, -0.25) is 4.90 Å². The van der Waals surface area contributed by atoms with Crippen LogP contribution in [-0.2, 0) is 32.7 Å². The molecule has 3 aromatic carbocycles. The van der Waals surface area contributed by atoms with E-state index in [9.17, 15) is 0 Å². The summed E-state index contributed by atoms with van der Waals surface area (Å²) in [7, 11) is 0. The number of piperidine rings is 1. The van der Waals surface area contributed by atoms with Crippen molar-refractivity contribution in [2.24, 2.45) is 5.92 Å². The van der Waals surface area contributed by atoms with Crippen LogP contribution >= 0.6 is 0 Å². The smallest absolute Gasteiger partial charge is 0.174 e. The first kappa shape index (κ1) is 27.2. The maximum Gasteiger partial charge on any atom is 0.174 e. The molecule has 4 fully saturated rings. The van der Waals surface area contributed by atoms with E-state index in [0.29, 0.717) is 32.8 Å². The fraction of sp³-hybridized carbons (Fsp3) is 0.474. The third kappa shape index (κ3) is 4.22. The first-order valence-corrected chi connectivity index (χ1v) is 16.6. The van der Waals surface area contributed by atoms with Gasteiger partial charge in [0, 0.05) is 31.0 Å². The van der Waals surface area contributed by atoms with Gasteiger partial charge in [0.25, 0.3) is 0 Å². The van der Waals surface area contributed by atoms with Gasteiger partial charge in [-0.2, -0.15) is 0 Å². The summed E-state index contributed by atoms with van der Waals surface area (Å²) in [6.45, 7) is 4.48. The lowest BCUT2D eigenvalue weighted by Crippen LogP contribution is -2.79. The highest BCUT2D eigenvalue weighted by Crippen LogP contribution is 2.69. The zero-order valence-electron chi connectivity index (χ0n) is 25.3. The minimum absolute atomic E-state index is 0.103. The number of hydrogen-bond acceptors (Lipinski definition) is 6. The van der Waals surface area contributed by atoms with E-state index in [1.807, 2.05) is 6.07 Å². The van der Waals surface area contributed by atoms with Crippen LogP contribution in [-0.4, -0.2) is 61.3 Å². The number of likely N-dealkylation sites (tertiary alicyclic amines) is 1. The number of hydrogen-bond donors (Lipinski definition) is 0. The average molecular weight is 592 g/mol.